The Bertz CT molecular complexity index is 800. The van der Waals surface area contributed by atoms with E-state index in [1.165, 1.54) is 24.3 Å². The Labute approximate surface area is 136 Å². The fourth-order valence-electron chi connectivity index (χ4n) is 1.92. The van der Waals surface area contributed by atoms with Gasteiger partial charge in [-0.3, -0.25) is 0 Å². The van der Waals surface area contributed by atoms with E-state index in [4.69, 9.17) is 4.74 Å². The molecule has 0 aliphatic carbocycles. The third kappa shape index (κ3) is 3.65. The predicted molar refractivity (Wildman–Crippen MR) is 83.3 cm³/mol. The molecule has 0 saturated carbocycles. The van der Waals surface area contributed by atoms with E-state index in [1.54, 1.807) is 0 Å². The molecule has 0 atom stereocenters. The van der Waals surface area contributed by atoms with E-state index in [0.717, 1.165) is 18.2 Å². The monoisotopic (exact) mass is 334 g/mol. The quantitative estimate of drug-likeness (QED) is 0.339. The van der Waals surface area contributed by atoms with Gasteiger partial charge in [0.2, 0.25) is 5.82 Å². The van der Waals surface area contributed by atoms with E-state index in [-0.39, 0.29) is 23.5 Å². The summed E-state index contributed by atoms with van der Waals surface area (Å²) in [6.07, 6.45) is 2.27. The third-order valence-electron chi connectivity index (χ3n) is 3.02. The summed E-state index contributed by atoms with van der Waals surface area (Å²) in [6.45, 7) is 6.72. The first-order valence-electron chi connectivity index (χ1n) is 6.83. The minimum atomic E-state index is -1.35. The van der Waals surface area contributed by atoms with Crippen molar-refractivity contribution in [2.45, 2.75) is 0 Å². The third-order valence-corrected chi connectivity index (χ3v) is 3.02. The first-order chi connectivity index (χ1) is 11.5. The average molecular weight is 334 g/mol. The maximum absolute atomic E-state index is 14.2. The van der Waals surface area contributed by atoms with Gasteiger partial charge in [-0.1, -0.05) is 25.3 Å². The Hall–Kier alpha value is -3.02. The summed E-state index contributed by atoms with van der Waals surface area (Å²) in [5, 5.41) is 0. The number of benzene rings is 2. The summed E-state index contributed by atoms with van der Waals surface area (Å²) in [7, 11) is 0. The lowest BCUT2D eigenvalue weighted by Gasteiger charge is -2.10. The topological polar surface area (TPSA) is 35.5 Å². The molecule has 24 heavy (non-hydrogen) atoms. The second kappa shape index (κ2) is 7.50. The number of rotatable bonds is 6. The summed E-state index contributed by atoms with van der Waals surface area (Å²) in [4.78, 5) is 11.1. The molecule has 0 N–H and O–H groups in total. The molecule has 2 rings (SSSR count). The Morgan fingerprint density at radius 1 is 1.04 bits per heavy atom. The zero-order chi connectivity index (χ0) is 17.7. The molecule has 124 valence electrons. The van der Waals surface area contributed by atoms with Gasteiger partial charge in [-0.2, -0.15) is 4.39 Å². The highest BCUT2D eigenvalue weighted by molar-refractivity contribution is 5.83. The van der Waals surface area contributed by atoms with E-state index < -0.39 is 29.2 Å². The summed E-state index contributed by atoms with van der Waals surface area (Å²) >= 11 is 0. The van der Waals surface area contributed by atoms with Gasteiger partial charge in [-0.15, -0.1) is 0 Å². The van der Waals surface area contributed by atoms with Crippen LogP contribution in [0.1, 0.15) is 0 Å². The van der Waals surface area contributed by atoms with E-state index >= 15 is 0 Å². The molecule has 0 aliphatic rings. The molecule has 6 heteroatoms. The predicted octanol–water partition coefficient (Wildman–Crippen LogP) is 4.43. The van der Waals surface area contributed by atoms with Gasteiger partial charge in [0, 0.05) is 11.6 Å². The zero-order valence-corrected chi connectivity index (χ0v) is 12.5. The molecule has 0 fully saturated rings. The van der Waals surface area contributed by atoms with Crippen molar-refractivity contribution in [3.8, 4) is 22.6 Å². The molecule has 2 aromatic rings. The van der Waals surface area contributed by atoms with E-state index in [0.29, 0.717) is 0 Å². The minimum absolute atomic E-state index is 0.0314. The second-order valence-corrected chi connectivity index (χ2v) is 4.61. The van der Waals surface area contributed by atoms with Crippen LogP contribution in [0.4, 0.5) is 13.2 Å². The maximum atomic E-state index is 14.2. The van der Waals surface area contributed by atoms with E-state index in [1.807, 2.05) is 0 Å². The molecule has 0 saturated heterocycles. The van der Waals surface area contributed by atoms with Crippen LogP contribution in [0.3, 0.4) is 0 Å². The van der Waals surface area contributed by atoms with Gasteiger partial charge in [0.15, 0.2) is 23.1 Å². The van der Waals surface area contributed by atoms with Crippen molar-refractivity contribution in [3.63, 3.8) is 0 Å². The van der Waals surface area contributed by atoms with Crippen molar-refractivity contribution in [2.24, 2.45) is 0 Å². The molecule has 0 radical (unpaired) electrons. The number of hydrogen-bond acceptors (Lipinski definition) is 3. The van der Waals surface area contributed by atoms with Gasteiger partial charge in [0.25, 0.3) is 0 Å². The molecule has 2 aromatic carbocycles. The van der Waals surface area contributed by atoms with Crippen molar-refractivity contribution in [1.82, 2.24) is 0 Å². The molecule has 0 aliphatic heterocycles. The summed E-state index contributed by atoms with van der Waals surface area (Å²) < 4.78 is 51.7. The Balaban J connectivity index is 2.37. The van der Waals surface area contributed by atoms with Crippen molar-refractivity contribution in [2.75, 3.05) is 6.61 Å². The maximum Gasteiger partial charge on any atom is 0.335 e. The largest absolute Gasteiger partial charge is 0.486 e. The Kier molecular flexibility index (Phi) is 5.42. The molecule has 0 bridgehead atoms. The normalized spacial score (nSPS) is 10.1. The van der Waals surface area contributed by atoms with Crippen molar-refractivity contribution >= 4 is 5.97 Å². The van der Waals surface area contributed by atoms with Crippen molar-refractivity contribution < 1.29 is 27.4 Å². The van der Waals surface area contributed by atoms with E-state index in [2.05, 4.69) is 17.9 Å². The van der Waals surface area contributed by atoms with Crippen LogP contribution in [0.2, 0.25) is 0 Å². The molecule has 0 unspecified atom stereocenters. The van der Waals surface area contributed by atoms with Gasteiger partial charge < -0.3 is 9.47 Å². The van der Waals surface area contributed by atoms with Crippen LogP contribution in [0.5, 0.6) is 11.5 Å². The summed E-state index contributed by atoms with van der Waals surface area (Å²) in [6, 6.07) is 5.97. The molecular weight excluding hydrogens is 321 g/mol. The molecule has 0 spiro atoms. The van der Waals surface area contributed by atoms with Crippen LogP contribution in [-0.4, -0.2) is 12.6 Å². The molecule has 0 amide bonds. The lowest BCUT2D eigenvalue weighted by Crippen LogP contribution is -2.06. The smallest absolute Gasteiger partial charge is 0.335 e. The lowest BCUT2D eigenvalue weighted by molar-refractivity contribution is -0.129. The number of esters is 1. The van der Waals surface area contributed by atoms with Gasteiger partial charge in [0.05, 0.1) is 0 Å². The van der Waals surface area contributed by atoms with Crippen molar-refractivity contribution in [3.05, 3.63) is 73.1 Å². The van der Waals surface area contributed by atoms with Gasteiger partial charge in [-0.25, -0.2) is 13.6 Å². The fourth-order valence-corrected chi connectivity index (χ4v) is 1.92. The Morgan fingerprint density at radius 2 is 1.75 bits per heavy atom. The number of hydrogen-bond donors (Lipinski definition) is 0. The fraction of sp³-hybridized carbons (Fsp3) is 0.0556. The number of carbonyl (C=O) groups is 1. The molecular formula is C18H13F3O3. The highest BCUT2D eigenvalue weighted by Crippen LogP contribution is 2.32. The number of ether oxygens (including phenoxy) is 2. The number of halogens is 3. The van der Waals surface area contributed by atoms with Crippen LogP contribution in [0.15, 0.2) is 55.6 Å². The SMILES string of the molecule is C=CCOc1ccc(-c2ccc(OC(=O)C=C)c(F)c2F)cc1F. The standard InChI is InChI=1S/C18H13F3O3/c1-3-9-23-14-7-5-11(10-13(14)19)12-6-8-15(18(21)17(12)20)24-16(22)4-2/h3-8,10H,1-2,9H2. The minimum Gasteiger partial charge on any atom is -0.486 e. The summed E-state index contributed by atoms with van der Waals surface area (Å²) in [5.74, 6) is -4.87. The molecule has 3 nitrogen and oxygen atoms in total. The van der Waals surface area contributed by atoms with Gasteiger partial charge in [-0.05, 0) is 29.8 Å². The van der Waals surface area contributed by atoms with Crippen LogP contribution >= 0.6 is 0 Å². The second-order valence-electron chi connectivity index (χ2n) is 4.61. The first kappa shape index (κ1) is 17.3. The van der Waals surface area contributed by atoms with Gasteiger partial charge >= 0.3 is 5.97 Å². The Morgan fingerprint density at radius 3 is 2.38 bits per heavy atom. The van der Waals surface area contributed by atoms with Crippen molar-refractivity contribution in [1.29, 1.82) is 0 Å². The number of carbonyl (C=O) groups excluding carboxylic acids is 1. The van der Waals surface area contributed by atoms with Crippen LogP contribution in [-0.2, 0) is 4.79 Å². The zero-order valence-electron chi connectivity index (χ0n) is 12.5. The molecule has 0 heterocycles. The van der Waals surface area contributed by atoms with E-state index in [9.17, 15) is 18.0 Å². The van der Waals surface area contributed by atoms with Crippen LogP contribution in [0.25, 0.3) is 11.1 Å². The summed E-state index contributed by atoms with van der Waals surface area (Å²) in [5.41, 5.74) is -0.0727. The lowest BCUT2D eigenvalue weighted by atomic mass is 10.0. The van der Waals surface area contributed by atoms with Crippen LogP contribution < -0.4 is 9.47 Å². The van der Waals surface area contributed by atoms with Gasteiger partial charge in [0.1, 0.15) is 6.61 Å². The average Bonchev–Trinajstić information content (AvgIpc) is 2.58. The molecule has 0 aromatic heterocycles. The van der Waals surface area contributed by atoms with Crippen LogP contribution in [0, 0.1) is 17.5 Å². The highest BCUT2D eigenvalue weighted by atomic mass is 19.2. The first-order valence-corrected chi connectivity index (χ1v) is 6.83. The highest BCUT2D eigenvalue weighted by Gasteiger charge is 2.18.